The Balaban J connectivity index is 1.57. The summed E-state index contributed by atoms with van der Waals surface area (Å²) >= 11 is 0. The fourth-order valence-corrected chi connectivity index (χ4v) is 3.73. The molecular weight excluding hydrogens is 524 g/mol. The number of nitrogens with zero attached hydrogens (tertiary/aromatic N) is 6. The Hall–Kier alpha value is -5.47. The molecule has 0 fully saturated rings. The maximum Gasteiger partial charge on any atom is 0.416 e. The molecule has 1 amide bonds. The second kappa shape index (κ2) is 9.77. The van der Waals surface area contributed by atoms with E-state index in [0.717, 1.165) is 6.07 Å². The fraction of sp³-hybridized carbons (Fsp3) is 0.0417. The highest BCUT2D eigenvalue weighted by Gasteiger charge is 2.33. The first kappa shape index (κ1) is 25.2. The summed E-state index contributed by atoms with van der Waals surface area (Å²) in [6.07, 6.45) is -0.861. The van der Waals surface area contributed by atoms with Gasteiger partial charge in [-0.25, -0.2) is 24.3 Å². The predicted octanol–water partition coefficient (Wildman–Crippen LogP) is 5.54. The molecule has 0 saturated heterocycles. The number of H-pyrrole nitrogens is 1. The van der Waals surface area contributed by atoms with Crippen LogP contribution in [-0.2, 0) is 6.18 Å². The van der Waals surface area contributed by atoms with E-state index < -0.39 is 39.6 Å². The average molecular weight is 538 g/mol. The highest BCUT2D eigenvalue weighted by atomic mass is 19.4. The number of carbonyl (C=O) groups excluding carboxylic acids is 1. The number of carbonyl (C=O) groups is 1. The van der Waals surface area contributed by atoms with Gasteiger partial charge in [0.05, 0.1) is 22.5 Å². The van der Waals surface area contributed by atoms with Crippen molar-refractivity contribution in [3.63, 3.8) is 0 Å². The van der Waals surface area contributed by atoms with Gasteiger partial charge >= 0.3 is 6.18 Å². The summed E-state index contributed by atoms with van der Waals surface area (Å²) in [5.74, 6) is -1.42. The van der Waals surface area contributed by atoms with E-state index in [-0.39, 0.29) is 28.7 Å². The van der Waals surface area contributed by atoms with E-state index in [4.69, 9.17) is 0 Å². The van der Waals surface area contributed by atoms with Crippen LogP contribution in [0.5, 0.6) is 0 Å². The maximum atomic E-state index is 15.3. The topological polar surface area (TPSA) is 143 Å². The predicted molar refractivity (Wildman–Crippen MR) is 130 cm³/mol. The fourth-order valence-electron chi connectivity index (χ4n) is 3.73. The third kappa shape index (κ3) is 5.04. The third-order valence-corrected chi connectivity index (χ3v) is 5.46. The number of nitro groups is 1. The maximum absolute atomic E-state index is 15.3. The van der Waals surface area contributed by atoms with Crippen molar-refractivity contribution < 1.29 is 27.3 Å². The number of nitrogens with one attached hydrogen (secondary N) is 2. The normalized spacial score (nSPS) is 11.4. The first-order chi connectivity index (χ1) is 18.6. The Labute approximate surface area is 215 Å². The quantitative estimate of drug-likeness (QED) is 0.163. The molecular formula is C24H14F4N8O3. The Morgan fingerprint density at radius 3 is 2.56 bits per heavy atom. The van der Waals surface area contributed by atoms with Gasteiger partial charge in [0, 0.05) is 29.6 Å². The average Bonchev–Trinajstić information content (AvgIpc) is 3.40. The van der Waals surface area contributed by atoms with Crippen LogP contribution in [0.15, 0.2) is 73.4 Å². The lowest BCUT2D eigenvalue weighted by molar-refractivity contribution is -0.385. The summed E-state index contributed by atoms with van der Waals surface area (Å²) in [5, 5.41) is 13.5. The zero-order chi connectivity index (χ0) is 27.7. The van der Waals surface area contributed by atoms with E-state index in [2.05, 4.69) is 30.2 Å². The highest BCUT2D eigenvalue weighted by Crippen LogP contribution is 2.38. The van der Waals surface area contributed by atoms with Crippen LogP contribution in [0.4, 0.5) is 46.3 Å². The molecule has 5 aromatic rings. The Morgan fingerprint density at radius 1 is 1.03 bits per heavy atom. The van der Waals surface area contributed by atoms with Crippen molar-refractivity contribution in [1.29, 1.82) is 0 Å². The minimum absolute atomic E-state index is 0.0210. The lowest BCUT2D eigenvalue weighted by Crippen LogP contribution is -2.17. The minimum atomic E-state index is -4.93. The number of rotatable bonds is 6. The number of aromatic nitrogens is 5. The van der Waals surface area contributed by atoms with Crippen molar-refractivity contribution >= 4 is 45.8 Å². The molecule has 0 spiro atoms. The molecule has 0 aliphatic heterocycles. The smallest absolute Gasteiger partial charge is 0.340 e. The van der Waals surface area contributed by atoms with Crippen LogP contribution in [0.1, 0.15) is 15.9 Å². The number of hydrogen-bond donors (Lipinski definition) is 2. The summed E-state index contributed by atoms with van der Waals surface area (Å²) < 4.78 is 55.1. The molecule has 0 radical (unpaired) electrons. The molecule has 11 nitrogen and oxygen atoms in total. The van der Waals surface area contributed by atoms with Crippen molar-refractivity contribution in [2.24, 2.45) is 0 Å². The van der Waals surface area contributed by atoms with E-state index in [1.165, 1.54) is 35.9 Å². The van der Waals surface area contributed by atoms with E-state index in [1.54, 1.807) is 18.2 Å². The lowest BCUT2D eigenvalue weighted by atomic mass is 10.1. The van der Waals surface area contributed by atoms with Crippen molar-refractivity contribution in [2.45, 2.75) is 6.18 Å². The van der Waals surface area contributed by atoms with Gasteiger partial charge < -0.3 is 10.3 Å². The first-order valence-corrected chi connectivity index (χ1v) is 10.9. The van der Waals surface area contributed by atoms with Crippen molar-refractivity contribution in [3.05, 3.63) is 101 Å². The van der Waals surface area contributed by atoms with Gasteiger partial charge in [-0.2, -0.15) is 13.2 Å². The summed E-state index contributed by atoms with van der Waals surface area (Å²) in [6, 6.07) is 9.84. The molecule has 0 aliphatic carbocycles. The number of alkyl halides is 3. The largest absolute Gasteiger partial charge is 0.416 e. The number of benzene rings is 2. The lowest BCUT2D eigenvalue weighted by Gasteiger charge is -2.24. The minimum Gasteiger partial charge on any atom is -0.340 e. The third-order valence-electron chi connectivity index (χ3n) is 5.46. The van der Waals surface area contributed by atoms with Gasteiger partial charge in [0.2, 0.25) is 0 Å². The summed E-state index contributed by atoms with van der Waals surface area (Å²) in [5.41, 5.74) is -2.40. The SMILES string of the molecule is O=C(Nc1ccc(F)c(N(c2ccccn2)c2ncnc3nc[nH]c23)c1)c1cc([N+](=O)[O-])cc(C(F)(F)F)c1. The van der Waals surface area contributed by atoms with Crippen molar-refractivity contribution in [1.82, 2.24) is 24.9 Å². The number of nitro benzene ring substituents is 1. The molecule has 0 saturated carbocycles. The molecule has 0 unspecified atom stereocenters. The van der Waals surface area contributed by atoms with E-state index in [0.29, 0.717) is 23.7 Å². The summed E-state index contributed by atoms with van der Waals surface area (Å²) in [6.45, 7) is 0. The number of fused-ring (bicyclic) bond motifs is 1. The number of pyridine rings is 1. The molecule has 15 heteroatoms. The molecule has 2 aromatic carbocycles. The Kier molecular flexibility index (Phi) is 6.31. The van der Waals surface area contributed by atoms with Crippen LogP contribution in [-0.4, -0.2) is 35.8 Å². The zero-order valence-electron chi connectivity index (χ0n) is 19.3. The molecule has 3 aromatic heterocycles. The van der Waals surface area contributed by atoms with Crippen LogP contribution in [0.25, 0.3) is 11.2 Å². The monoisotopic (exact) mass is 538 g/mol. The zero-order valence-corrected chi connectivity index (χ0v) is 19.3. The molecule has 3 heterocycles. The van der Waals surface area contributed by atoms with Gasteiger partial charge in [0.25, 0.3) is 11.6 Å². The van der Waals surface area contributed by atoms with Gasteiger partial charge in [-0.15, -0.1) is 0 Å². The molecule has 5 rings (SSSR count). The van der Waals surface area contributed by atoms with Crippen LogP contribution in [0.3, 0.4) is 0 Å². The molecule has 196 valence electrons. The van der Waals surface area contributed by atoms with Gasteiger partial charge in [0.1, 0.15) is 23.5 Å². The van der Waals surface area contributed by atoms with Gasteiger partial charge in [0.15, 0.2) is 11.5 Å². The van der Waals surface area contributed by atoms with Gasteiger partial charge in [-0.3, -0.25) is 19.8 Å². The van der Waals surface area contributed by atoms with Crippen LogP contribution < -0.4 is 10.2 Å². The number of non-ortho nitro benzene ring substituents is 1. The Morgan fingerprint density at radius 2 is 1.85 bits per heavy atom. The van der Waals surface area contributed by atoms with Crippen LogP contribution in [0.2, 0.25) is 0 Å². The number of imidazole rings is 1. The van der Waals surface area contributed by atoms with Crippen molar-refractivity contribution in [2.75, 3.05) is 10.2 Å². The van der Waals surface area contributed by atoms with E-state index >= 15 is 4.39 Å². The highest BCUT2D eigenvalue weighted by molar-refractivity contribution is 6.05. The number of anilines is 4. The summed E-state index contributed by atoms with van der Waals surface area (Å²) in [7, 11) is 0. The molecule has 0 atom stereocenters. The number of hydrogen-bond acceptors (Lipinski definition) is 8. The second-order valence-electron chi connectivity index (χ2n) is 7.97. The molecule has 39 heavy (non-hydrogen) atoms. The number of halogens is 4. The van der Waals surface area contributed by atoms with Crippen LogP contribution in [0, 0.1) is 15.9 Å². The first-order valence-electron chi connectivity index (χ1n) is 10.9. The second-order valence-corrected chi connectivity index (χ2v) is 7.97. The molecule has 2 N–H and O–H groups in total. The number of aromatic amines is 1. The molecule has 0 bridgehead atoms. The summed E-state index contributed by atoms with van der Waals surface area (Å²) in [4.78, 5) is 43.8. The van der Waals surface area contributed by atoms with E-state index in [9.17, 15) is 28.1 Å². The van der Waals surface area contributed by atoms with E-state index in [1.807, 2.05) is 0 Å². The standard InChI is InChI=1S/C24H14F4N8O3/c25-17-5-4-15(34-23(37)13-7-14(24(26,27)28)9-16(8-13)36(38)39)10-18(17)35(19-3-1-2-6-29-19)22-20-21(31-11-30-20)32-12-33-22/h1-12H,(H,34,37)(H,30,31,32,33). The van der Waals surface area contributed by atoms with Gasteiger partial charge in [-0.1, -0.05) is 6.07 Å². The van der Waals surface area contributed by atoms with Crippen LogP contribution >= 0.6 is 0 Å². The number of amides is 1. The van der Waals surface area contributed by atoms with Gasteiger partial charge in [-0.05, 0) is 36.4 Å². The molecule has 0 aliphatic rings. The van der Waals surface area contributed by atoms with Crippen molar-refractivity contribution in [3.8, 4) is 0 Å². The Bertz CT molecular complexity index is 1710.